The lowest BCUT2D eigenvalue weighted by Gasteiger charge is -2.46. The van der Waals surface area contributed by atoms with Crippen molar-refractivity contribution in [3.63, 3.8) is 0 Å². The zero-order valence-electron chi connectivity index (χ0n) is 42.4. The fourth-order valence-electron chi connectivity index (χ4n) is 14.5. The van der Waals surface area contributed by atoms with Crippen LogP contribution < -0.4 is 25.5 Å². The molecule has 5 aromatic carbocycles. The van der Waals surface area contributed by atoms with E-state index in [1.54, 1.807) is 31.9 Å². The zero-order chi connectivity index (χ0) is 46.5. The van der Waals surface area contributed by atoms with Gasteiger partial charge in [0.15, 0.2) is 0 Å². The number of rotatable bonds is 3. The predicted molar refractivity (Wildman–Crippen MR) is 290 cm³/mol. The van der Waals surface area contributed by atoms with Crippen molar-refractivity contribution in [3.8, 4) is 0 Å². The summed E-state index contributed by atoms with van der Waals surface area (Å²) in [4.78, 5) is 7.16. The van der Waals surface area contributed by atoms with Gasteiger partial charge in [0.2, 0.25) is 0 Å². The molecule has 0 saturated heterocycles. The molecule has 2 aliphatic heterocycles. The summed E-state index contributed by atoms with van der Waals surface area (Å²) in [6.07, 6.45) is 11.9. The Morgan fingerprint density at radius 1 is 0.582 bits per heavy atom. The molecule has 2 saturated carbocycles. The predicted octanol–water partition coefficient (Wildman–Crippen LogP) is 15.6. The lowest BCUT2D eigenvalue weighted by Crippen LogP contribution is -2.60. The number of thiophene rings is 1. The Morgan fingerprint density at radius 2 is 1.18 bits per heavy atom. The van der Waals surface area contributed by atoms with Crippen LogP contribution in [-0.4, -0.2) is 6.71 Å². The minimum Gasteiger partial charge on any atom is -0.311 e. The Morgan fingerprint density at radius 3 is 1.85 bits per heavy atom. The molecule has 1 aromatic heterocycles. The number of nitrogens with zero attached hydrogens (tertiary/aromatic N) is 2. The number of hydrogen-bond donors (Lipinski definition) is 0. The van der Waals surface area contributed by atoms with Gasteiger partial charge in [-0.1, -0.05) is 169 Å². The molecule has 67 heavy (non-hydrogen) atoms. The molecule has 12 rings (SSSR count). The number of hydrogen-bond acceptors (Lipinski definition) is 3. The second-order valence-corrected chi connectivity index (χ2v) is 26.7. The highest BCUT2D eigenvalue weighted by molar-refractivity contribution is 7.29. The molecule has 4 aliphatic carbocycles. The van der Waals surface area contributed by atoms with E-state index in [1.807, 2.05) is 0 Å². The zero-order valence-corrected chi connectivity index (χ0v) is 43.3. The van der Waals surface area contributed by atoms with Crippen LogP contribution in [0.15, 0.2) is 103 Å². The topological polar surface area (TPSA) is 6.48 Å². The van der Waals surface area contributed by atoms with Crippen LogP contribution in [0.5, 0.6) is 0 Å². The van der Waals surface area contributed by atoms with Crippen LogP contribution in [0, 0.1) is 17.8 Å². The van der Waals surface area contributed by atoms with Crippen molar-refractivity contribution < 1.29 is 0 Å². The summed E-state index contributed by atoms with van der Waals surface area (Å²) in [6, 6.07) is 42.1. The van der Waals surface area contributed by atoms with Crippen molar-refractivity contribution in [3.05, 3.63) is 147 Å². The highest BCUT2D eigenvalue weighted by Crippen LogP contribution is 2.59. The Labute approximate surface area is 407 Å². The molecule has 344 valence electrons. The molecule has 5 atom stereocenters. The fraction of sp³-hybridized carbons (Fsp3) is 0.460. The maximum atomic E-state index is 2.82. The Kier molecular flexibility index (Phi) is 9.94. The lowest BCUT2D eigenvalue weighted by atomic mass is 9.35. The van der Waals surface area contributed by atoms with Crippen molar-refractivity contribution in [1.29, 1.82) is 0 Å². The minimum atomic E-state index is 0.0160. The van der Waals surface area contributed by atoms with Gasteiger partial charge in [0, 0.05) is 38.1 Å². The van der Waals surface area contributed by atoms with Gasteiger partial charge in [-0.05, 0) is 169 Å². The maximum Gasteiger partial charge on any atom is 0.264 e. The quantitative estimate of drug-likeness (QED) is 0.163. The van der Waals surface area contributed by atoms with Gasteiger partial charge in [-0.3, -0.25) is 0 Å². The molecule has 0 N–H and O–H groups in total. The number of fused-ring (bicyclic) bond motifs is 10. The van der Waals surface area contributed by atoms with Crippen LogP contribution in [0.1, 0.15) is 177 Å². The smallest absolute Gasteiger partial charge is 0.264 e. The van der Waals surface area contributed by atoms with Crippen molar-refractivity contribution in [1.82, 2.24) is 0 Å². The summed E-state index contributed by atoms with van der Waals surface area (Å²) < 4.78 is 1.55. The van der Waals surface area contributed by atoms with E-state index in [-0.39, 0.29) is 28.4 Å². The molecule has 2 nitrogen and oxygen atoms in total. The lowest BCUT2D eigenvalue weighted by molar-refractivity contribution is 0.144. The highest BCUT2D eigenvalue weighted by atomic mass is 32.1. The molecule has 6 aliphatic rings. The van der Waals surface area contributed by atoms with E-state index in [4.69, 9.17) is 0 Å². The van der Waals surface area contributed by atoms with Gasteiger partial charge in [-0.15, -0.1) is 0 Å². The molecular weight excluding hydrogens is 828 g/mol. The van der Waals surface area contributed by atoms with Gasteiger partial charge in [0.05, 0.1) is 5.69 Å². The molecule has 0 radical (unpaired) electrons. The van der Waals surface area contributed by atoms with Crippen LogP contribution >= 0.6 is 11.3 Å². The molecule has 2 fully saturated rings. The van der Waals surface area contributed by atoms with Gasteiger partial charge in [0.25, 0.3) is 6.71 Å². The molecule has 6 aromatic rings. The summed E-state index contributed by atoms with van der Waals surface area (Å²) >= 11 is 2.18. The SMILES string of the molecule is CC(C)(C)c1ccc(N2c3ccc(C(C)(C)C)cc3B3c4sc5c(c4N(c4ccc(C(C)(C)C)cc4)c4cc(C6CCCC7CCCCC76)cc2c43)CC2c3ccccc3C(C)(C)C2C5)cc1. The summed E-state index contributed by atoms with van der Waals surface area (Å²) in [7, 11) is 0. The van der Waals surface area contributed by atoms with Crippen LogP contribution in [-0.2, 0) is 34.5 Å². The van der Waals surface area contributed by atoms with Gasteiger partial charge in [0.1, 0.15) is 0 Å². The standard InChI is InChI=1S/C63H73BN2S/c1-60(2,3)40-23-28-43(29-24-40)65-53-32-27-42(62(7,8)9)35-52(53)64-57-54(65)33-39(46-21-16-18-38-17-12-13-19-45(38)46)34-55(57)66(44-30-25-41(26-31-44)61(4,5)6)58-49-36-48-47-20-14-15-22-50(47)63(10,11)51(48)37-56(49)67-59(58)64/h14-15,20,22-35,38,45-46,48,51H,12-13,16-19,21,36-37H2,1-11H3. The Balaban J connectivity index is 1.16. The van der Waals surface area contributed by atoms with E-state index < -0.39 is 0 Å². The molecule has 4 heteroatoms. The minimum absolute atomic E-state index is 0.0160. The van der Waals surface area contributed by atoms with Crippen LogP contribution in [0.25, 0.3) is 0 Å². The third-order valence-electron chi connectivity index (χ3n) is 18.2. The van der Waals surface area contributed by atoms with Crippen LogP contribution in [0.2, 0.25) is 0 Å². The summed E-state index contributed by atoms with van der Waals surface area (Å²) in [6.45, 7) is 26.5. The maximum absolute atomic E-state index is 2.82. The molecule has 0 amide bonds. The molecular formula is C63H73BN2S. The van der Waals surface area contributed by atoms with Gasteiger partial charge in [-0.25, -0.2) is 0 Å². The second-order valence-electron chi connectivity index (χ2n) is 25.6. The van der Waals surface area contributed by atoms with Crippen molar-refractivity contribution in [2.45, 2.75) is 167 Å². The van der Waals surface area contributed by atoms with Crippen LogP contribution in [0.4, 0.5) is 34.1 Å². The van der Waals surface area contributed by atoms with E-state index in [2.05, 4.69) is 200 Å². The average Bonchev–Trinajstić information content (AvgIpc) is 3.78. The van der Waals surface area contributed by atoms with E-state index in [1.165, 1.54) is 107 Å². The molecule has 0 bridgehead atoms. The summed E-state index contributed by atoms with van der Waals surface area (Å²) in [5, 5.41) is 0. The van der Waals surface area contributed by atoms with Gasteiger partial charge >= 0.3 is 0 Å². The molecule has 3 heterocycles. The largest absolute Gasteiger partial charge is 0.311 e. The van der Waals surface area contributed by atoms with Crippen molar-refractivity contribution in [2.24, 2.45) is 17.8 Å². The van der Waals surface area contributed by atoms with Gasteiger partial charge in [-0.2, -0.15) is 11.3 Å². The first-order chi connectivity index (χ1) is 31.9. The highest BCUT2D eigenvalue weighted by Gasteiger charge is 2.52. The number of benzene rings is 5. The first-order valence-corrected chi connectivity index (χ1v) is 27.1. The third kappa shape index (κ3) is 6.82. The van der Waals surface area contributed by atoms with Crippen molar-refractivity contribution >= 4 is 67.9 Å². The third-order valence-corrected chi connectivity index (χ3v) is 19.5. The molecule has 0 spiro atoms. The van der Waals surface area contributed by atoms with E-state index >= 15 is 0 Å². The Hall–Kier alpha value is -4.54. The Bertz CT molecular complexity index is 2910. The average molecular weight is 901 g/mol. The van der Waals surface area contributed by atoms with Crippen LogP contribution in [0.3, 0.4) is 0 Å². The normalized spacial score (nSPS) is 23.7. The van der Waals surface area contributed by atoms with E-state index in [0.29, 0.717) is 17.8 Å². The van der Waals surface area contributed by atoms with Gasteiger partial charge < -0.3 is 9.80 Å². The second kappa shape index (κ2) is 15.2. The first kappa shape index (κ1) is 43.7. The first-order valence-electron chi connectivity index (χ1n) is 26.3. The summed E-state index contributed by atoms with van der Waals surface area (Å²) in [5.41, 5.74) is 22.0. The van der Waals surface area contributed by atoms with E-state index in [9.17, 15) is 0 Å². The fourth-order valence-corrected chi connectivity index (χ4v) is 16.0. The van der Waals surface area contributed by atoms with E-state index in [0.717, 1.165) is 24.7 Å². The summed E-state index contributed by atoms with van der Waals surface area (Å²) in [5.74, 6) is 3.31. The monoisotopic (exact) mass is 901 g/mol. The van der Waals surface area contributed by atoms with Crippen molar-refractivity contribution in [2.75, 3.05) is 9.80 Å². The molecule has 5 unspecified atom stereocenters. The number of anilines is 6.